The van der Waals surface area contributed by atoms with Crippen LogP contribution < -0.4 is 39.6 Å². The Morgan fingerprint density at radius 3 is 1.87 bits per heavy atom. The summed E-state index contributed by atoms with van der Waals surface area (Å²) in [7, 11) is 1.57. The fourth-order valence-electron chi connectivity index (χ4n) is 5.76. The first kappa shape index (κ1) is 37.9. The van der Waals surface area contributed by atoms with Crippen LogP contribution in [-0.2, 0) is 11.2 Å². The molecule has 3 atom stereocenters. The van der Waals surface area contributed by atoms with Gasteiger partial charge in [-0.05, 0) is 93.1 Å². The molecule has 11 heteroatoms. The summed E-state index contributed by atoms with van der Waals surface area (Å²) >= 11 is 0. The van der Waals surface area contributed by atoms with Crippen molar-refractivity contribution >= 4 is 11.9 Å². The summed E-state index contributed by atoms with van der Waals surface area (Å²) in [4.78, 5) is 25.4. The van der Waals surface area contributed by atoms with Gasteiger partial charge in [-0.15, -0.1) is 0 Å². The van der Waals surface area contributed by atoms with E-state index in [9.17, 15) is 28.6 Å². The third-order valence-electron chi connectivity index (χ3n) is 7.94. The van der Waals surface area contributed by atoms with Gasteiger partial charge in [0.15, 0.2) is 0 Å². The Bertz CT molecular complexity index is 1650. The second-order valence-corrected chi connectivity index (χ2v) is 11.7. The van der Waals surface area contributed by atoms with Crippen molar-refractivity contribution in [2.75, 3.05) is 7.11 Å². The molecule has 47 heavy (non-hydrogen) atoms. The number of aliphatic carboxylic acids is 1. The van der Waals surface area contributed by atoms with Crippen LogP contribution in [0.15, 0.2) is 72.8 Å². The average Bonchev–Trinajstić information content (AvgIpc) is 3.36. The number of aromatic nitrogens is 1. The maximum Gasteiger partial charge on any atom is 1.00 e. The Kier molecular flexibility index (Phi) is 13.7. The van der Waals surface area contributed by atoms with Crippen LogP contribution in [0, 0.1) is 11.6 Å². The third-order valence-corrected chi connectivity index (χ3v) is 7.94. The molecule has 0 spiro atoms. The molecule has 0 aliphatic heterocycles. The van der Waals surface area contributed by atoms with Gasteiger partial charge in [0.2, 0.25) is 0 Å². The van der Waals surface area contributed by atoms with Crippen molar-refractivity contribution in [3.63, 3.8) is 0 Å². The van der Waals surface area contributed by atoms with E-state index >= 15 is 0 Å². The number of hydrogen-bond acceptors (Lipinski definition) is 5. The SMILES string of the molecule is COc1ccc([C@@H](C)NC(=O)c2c(-c3ccc(F)cc3)c(-c3ccc(F)cc3)c(CC[C@@H](O)C[C@@H](O)CC(=O)O)n2C(C)C)cc1.[H-].[Na+]. The largest absolute Gasteiger partial charge is 1.00 e. The Balaban J connectivity index is 0.00000400. The maximum absolute atomic E-state index is 14.3. The molecule has 1 heterocycles. The fraction of sp³-hybridized carbons (Fsp3) is 0.333. The molecular formula is C36H41F2N2NaO6. The van der Waals surface area contributed by atoms with Crippen LogP contribution >= 0.6 is 0 Å². The zero-order valence-corrected chi connectivity index (χ0v) is 29.3. The molecule has 1 aromatic heterocycles. The van der Waals surface area contributed by atoms with E-state index in [1.54, 1.807) is 31.4 Å². The van der Waals surface area contributed by atoms with Crippen molar-refractivity contribution in [1.82, 2.24) is 9.88 Å². The maximum atomic E-state index is 14.3. The number of nitrogens with zero attached hydrogens (tertiary/aromatic N) is 1. The summed E-state index contributed by atoms with van der Waals surface area (Å²) in [6.45, 7) is 5.70. The Morgan fingerprint density at radius 1 is 0.851 bits per heavy atom. The standard InChI is InChI=1S/C36H40F2N2O6.Na.H/c1-21(2)40-31(18-15-28(41)19-29(42)20-32(43)44)33(24-5-11-26(37)12-6-24)34(25-7-13-27(38)14-8-25)35(40)36(45)39-22(3)23-9-16-30(46-4)17-10-23;;/h5-14,16-17,21-22,28-29,41-42H,15,18-20H2,1-4H3,(H,39,45)(H,43,44);;/q;+1;-1/t22-,28-,29-;;/m1../s1. The van der Waals surface area contributed by atoms with Gasteiger partial charge in [-0.3, -0.25) is 9.59 Å². The molecule has 0 bridgehead atoms. The number of rotatable bonds is 14. The number of hydrogen-bond donors (Lipinski definition) is 4. The number of amides is 1. The first-order valence-corrected chi connectivity index (χ1v) is 15.2. The van der Waals surface area contributed by atoms with Gasteiger partial charge in [0.05, 0.1) is 31.8 Å². The van der Waals surface area contributed by atoms with E-state index in [1.165, 1.54) is 24.3 Å². The topological polar surface area (TPSA) is 121 Å². The van der Waals surface area contributed by atoms with Gasteiger partial charge < -0.3 is 31.4 Å². The molecule has 0 saturated carbocycles. The number of aliphatic hydroxyl groups is 2. The fourth-order valence-corrected chi connectivity index (χ4v) is 5.76. The summed E-state index contributed by atoms with van der Waals surface area (Å²) in [6.07, 6.45) is -2.51. The Hall–Kier alpha value is -3.54. The zero-order valence-electron chi connectivity index (χ0n) is 28.3. The average molecular weight is 659 g/mol. The van der Waals surface area contributed by atoms with Crippen LogP contribution in [-0.4, -0.2) is 51.1 Å². The van der Waals surface area contributed by atoms with Gasteiger partial charge in [0.1, 0.15) is 23.1 Å². The molecule has 8 nitrogen and oxygen atoms in total. The number of carbonyl (C=O) groups is 2. The van der Waals surface area contributed by atoms with E-state index < -0.39 is 42.3 Å². The van der Waals surface area contributed by atoms with Crippen LogP contribution in [0.25, 0.3) is 22.3 Å². The zero-order chi connectivity index (χ0) is 33.5. The molecule has 0 saturated heterocycles. The number of nitrogens with one attached hydrogen (secondary N) is 1. The second kappa shape index (κ2) is 17.0. The summed E-state index contributed by atoms with van der Waals surface area (Å²) in [6, 6.07) is 18.4. The number of carboxylic acids is 1. The molecule has 1 amide bonds. The van der Waals surface area contributed by atoms with Crippen LogP contribution in [0.5, 0.6) is 5.75 Å². The summed E-state index contributed by atoms with van der Waals surface area (Å²) in [5.74, 6) is -1.76. The van der Waals surface area contributed by atoms with Crippen LogP contribution in [0.4, 0.5) is 8.78 Å². The van der Waals surface area contributed by atoms with Crippen molar-refractivity contribution in [1.29, 1.82) is 0 Å². The predicted octanol–water partition coefficient (Wildman–Crippen LogP) is 3.82. The number of benzene rings is 3. The van der Waals surface area contributed by atoms with Crippen molar-refractivity contribution in [2.45, 2.75) is 70.7 Å². The molecule has 0 radical (unpaired) electrons. The first-order valence-electron chi connectivity index (χ1n) is 15.2. The quantitative estimate of drug-likeness (QED) is 0.153. The van der Waals surface area contributed by atoms with Gasteiger partial charge in [-0.1, -0.05) is 36.4 Å². The van der Waals surface area contributed by atoms with Gasteiger partial charge in [0.25, 0.3) is 5.91 Å². The number of halogens is 2. The number of carboxylic acid groups (broad SMARTS) is 1. The van der Waals surface area contributed by atoms with Crippen molar-refractivity contribution in [2.24, 2.45) is 0 Å². The second-order valence-electron chi connectivity index (χ2n) is 11.7. The number of ether oxygens (including phenoxy) is 1. The van der Waals surface area contributed by atoms with Gasteiger partial charge in [0, 0.05) is 22.9 Å². The minimum absolute atomic E-state index is 0. The molecule has 4 N–H and O–H groups in total. The number of aliphatic hydroxyl groups excluding tert-OH is 2. The molecule has 246 valence electrons. The molecule has 4 aromatic rings. The Labute approximate surface area is 297 Å². The Morgan fingerprint density at radius 2 is 1.38 bits per heavy atom. The summed E-state index contributed by atoms with van der Waals surface area (Å²) in [5.41, 5.74) is 4.18. The number of methoxy groups -OCH3 is 1. The smallest absolute Gasteiger partial charge is 1.00 e. The van der Waals surface area contributed by atoms with Crippen molar-refractivity contribution in [3.05, 3.63) is 101 Å². The van der Waals surface area contributed by atoms with Crippen LogP contribution in [0.2, 0.25) is 0 Å². The normalized spacial score (nSPS) is 13.0. The molecule has 3 aromatic carbocycles. The van der Waals surface area contributed by atoms with E-state index in [-0.39, 0.29) is 62.2 Å². The number of carbonyl (C=O) groups excluding carboxylic acids is 1. The third kappa shape index (κ3) is 9.52. The van der Waals surface area contributed by atoms with Gasteiger partial charge in [-0.2, -0.15) is 0 Å². The van der Waals surface area contributed by atoms with E-state index in [0.29, 0.717) is 39.4 Å². The summed E-state index contributed by atoms with van der Waals surface area (Å²) < 4.78 is 35.4. The predicted molar refractivity (Wildman–Crippen MR) is 173 cm³/mol. The van der Waals surface area contributed by atoms with E-state index in [2.05, 4.69) is 5.32 Å². The van der Waals surface area contributed by atoms with Crippen LogP contribution in [0.3, 0.4) is 0 Å². The van der Waals surface area contributed by atoms with Crippen molar-refractivity contribution in [3.8, 4) is 28.0 Å². The minimum Gasteiger partial charge on any atom is -1.00 e. The molecule has 0 aliphatic carbocycles. The van der Waals surface area contributed by atoms with Crippen molar-refractivity contribution < 1.29 is 69.4 Å². The van der Waals surface area contributed by atoms with E-state index in [4.69, 9.17) is 9.84 Å². The molecule has 0 aliphatic rings. The van der Waals surface area contributed by atoms with E-state index in [0.717, 1.165) is 5.56 Å². The monoisotopic (exact) mass is 658 g/mol. The molecule has 0 fully saturated rings. The first-order chi connectivity index (χ1) is 21.9. The van der Waals surface area contributed by atoms with Crippen LogP contribution in [0.1, 0.15) is 75.3 Å². The van der Waals surface area contributed by atoms with Gasteiger partial charge >= 0.3 is 35.5 Å². The molecule has 4 rings (SSSR count). The molecular weight excluding hydrogens is 617 g/mol. The van der Waals surface area contributed by atoms with E-state index in [1.807, 2.05) is 49.6 Å². The van der Waals surface area contributed by atoms with Gasteiger partial charge in [-0.25, -0.2) is 8.78 Å². The molecule has 0 unspecified atom stereocenters. The minimum atomic E-state index is -1.23. The summed E-state index contributed by atoms with van der Waals surface area (Å²) in [5, 5.41) is 33.0.